The summed E-state index contributed by atoms with van der Waals surface area (Å²) in [7, 11) is 1.52. The molecule has 148 valence electrons. The van der Waals surface area contributed by atoms with Gasteiger partial charge in [0, 0.05) is 35.0 Å². The van der Waals surface area contributed by atoms with E-state index in [0.717, 1.165) is 0 Å². The molecule has 8 heteroatoms. The number of esters is 2. The molecule has 0 aliphatic heterocycles. The average Bonchev–Trinajstić information content (AvgIpc) is 2.98. The molecule has 1 aromatic rings. The minimum atomic E-state index is -1.61. The smallest absolute Gasteiger partial charge is 0.328 e. The maximum atomic E-state index is 13.0. The molecule has 1 unspecified atom stereocenters. The Bertz CT molecular complexity index is 730. The maximum Gasteiger partial charge on any atom is 0.328 e. The number of hydrogen-bond acceptors (Lipinski definition) is 6. The zero-order valence-electron chi connectivity index (χ0n) is 15.9. The molecule has 1 aromatic carbocycles. The molecule has 0 saturated carbocycles. The topological polar surface area (TPSA) is 90.9 Å². The van der Waals surface area contributed by atoms with Crippen molar-refractivity contribution in [3.63, 3.8) is 0 Å². The highest BCUT2D eigenvalue weighted by molar-refractivity contribution is 9.10. The summed E-state index contributed by atoms with van der Waals surface area (Å²) < 4.78 is 16.6. The molecule has 1 amide bonds. The highest BCUT2D eigenvalue weighted by atomic mass is 79.9. The minimum absolute atomic E-state index is 0.124. The van der Waals surface area contributed by atoms with Crippen molar-refractivity contribution >= 4 is 33.8 Å². The van der Waals surface area contributed by atoms with Gasteiger partial charge in [0.1, 0.15) is 5.75 Å². The first kappa shape index (κ1) is 21.2. The molecule has 0 spiro atoms. The second kappa shape index (κ2) is 8.73. The number of fused-ring (bicyclic) bond motifs is 1. The standard InChI is InChI=1S/C19H24BrNO6/c1-5-26-17(23)19(18(24)27-6-2)9-12(10-21-11(3)22)15-14(25-4)8-7-13(20)16(15)19/h7-8,12H,5-6,9-10H2,1-4H3,(H,21,22). The molecule has 1 aliphatic carbocycles. The Morgan fingerprint density at radius 1 is 1.19 bits per heavy atom. The zero-order valence-corrected chi connectivity index (χ0v) is 17.5. The lowest BCUT2D eigenvalue weighted by molar-refractivity contribution is -0.165. The summed E-state index contributed by atoms with van der Waals surface area (Å²) in [6.07, 6.45) is 0.124. The van der Waals surface area contributed by atoms with Crippen LogP contribution in [0, 0.1) is 0 Å². The zero-order chi connectivity index (χ0) is 20.2. The van der Waals surface area contributed by atoms with Gasteiger partial charge in [-0.1, -0.05) is 15.9 Å². The van der Waals surface area contributed by atoms with Gasteiger partial charge in [0.2, 0.25) is 5.91 Å². The van der Waals surface area contributed by atoms with Crippen LogP contribution in [0.2, 0.25) is 0 Å². The van der Waals surface area contributed by atoms with E-state index < -0.39 is 17.4 Å². The molecule has 0 saturated heterocycles. The lowest BCUT2D eigenvalue weighted by atomic mass is 9.81. The van der Waals surface area contributed by atoms with Crippen molar-refractivity contribution in [1.82, 2.24) is 5.32 Å². The number of rotatable bonds is 7. The van der Waals surface area contributed by atoms with Crippen LogP contribution in [0.4, 0.5) is 0 Å². The van der Waals surface area contributed by atoms with Crippen LogP contribution in [0.25, 0.3) is 0 Å². The summed E-state index contributed by atoms with van der Waals surface area (Å²) in [5.74, 6) is -1.30. The van der Waals surface area contributed by atoms with Crippen LogP contribution >= 0.6 is 15.9 Å². The van der Waals surface area contributed by atoms with E-state index in [1.54, 1.807) is 26.0 Å². The van der Waals surface area contributed by atoms with Crippen molar-refractivity contribution in [3.05, 3.63) is 27.7 Å². The van der Waals surface area contributed by atoms with Crippen LogP contribution in [-0.4, -0.2) is 44.7 Å². The van der Waals surface area contributed by atoms with E-state index in [1.807, 2.05) is 0 Å². The second-order valence-corrected chi connectivity index (χ2v) is 7.08. The summed E-state index contributed by atoms with van der Waals surface area (Å²) in [4.78, 5) is 37.5. The number of benzene rings is 1. The fourth-order valence-corrected chi connectivity index (χ4v) is 4.25. The first-order chi connectivity index (χ1) is 12.8. The lowest BCUT2D eigenvalue weighted by Crippen LogP contribution is -2.45. The van der Waals surface area contributed by atoms with Crippen LogP contribution in [0.15, 0.2) is 16.6 Å². The van der Waals surface area contributed by atoms with Gasteiger partial charge in [-0.2, -0.15) is 0 Å². The van der Waals surface area contributed by atoms with Crippen molar-refractivity contribution in [2.24, 2.45) is 0 Å². The molecule has 27 heavy (non-hydrogen) atoms. The first-order valence-corrected chi connectivity index (χ1v) is 9.58. The molecule has 7 nitrogen and oxygen atoms in total. The molecular weight excluding hydrogens is 418 g/mol. The number of hydrogen-bond donors (Lipinski definition) is 1. The molecule has 0 heterocycles. The molecule has 1 N–H and O–H groups in total. The van der Waals surface area contributed by atoms with Gasteiger partial charge in [0.05, 0.1) is 20.3 Å². The van der Waals surface area contributed by atoms with Crippen LogP contribution in [0.3, 0.4) is 0 Å². The van der Waals surface area contributed by atoms with Crippen molar-refractivity contribution < 1.29 is 28.6 Å². The number of ether oxygens (including phenoxy) is 3. The van der Waals surface area contributed by atoms with Gasteiger partial charge in [-0.3, -0.25) is 14.4 Å². The Balaban J connectivity index is 2.71. The number of nitrogens with one attached hydrogen (secondary N) is 1. The SMILES string of the molecule is CCOC(=O)C1(C(=O)OCC)CC(CNC(C)=O)c2c(OC)ccc(Br)c21. The molecule has 1 aliphatic rings. The molecule has 0 fully saturated rings. The largest absolute Gasteiger partial charge is 0.496 e. The normalized spacial score (nSPS) is 17.0. The van der Waals surface area contributed by atoms with Crippen molar-refractivity contribution in [1.29, 1.82) is 0 Å². The van der Waals surface area contributed by atoms with Crippen LogP contribution in [0.5, 0.6) is 5.75 Å². The highest BCUT2D eigenvalue weighted by Gasteiger charge is 2.59. The van der Waals surface area contributed by atoms with E-state index in [4.69, 9.17) is 14.2 Å². The quantitative estimate of drug-likeness (QED) is 0.516. The van der Waals surface area contributed by atoms with Gasteiger partial charge in [0.25, 0.3) is 0 Å². The van der Waals surface area contributed by atoms with Gasteiger partial charge in [-0.15, -0.1) is 0 Å². The van der Waals surface area contributed by atoms with Crippen molar-refractivity contribution in [2.45, 2.75) is 38.5 Å². The Kier molecular flexibility index (Phi) is 6.86. The molecule has 0 bridgehead atoms. The van der Waals surface area contributed by atoms with Crippen molar-refractivity contribution in [2.75, 3.05) is 26.9 Å². The fourth-order valence-electron chi connectivity index (χ4n) is 3.57. The predicted molar refractivity (Wildman–Crippen MR) is 102 cm³/mol. The Hall–Kier alpha value is -2.09. The van der Waals surface area contributed by atoms with Gasteiger partial charge in [-0.05, 0) is 32.4 Å². The van der Waals surface area contributed by atoms with Gasteiger partial charge < -0.3 is 19.5 Å². The number of halogens is 1. The summed E-state index contributed by atoms with van der Waals surface area (Å²) in [5.41, 5.74) is -0.437. The molecular formula is C19H24BrNO6. The summed E-state index contributed by atoms with van der Waals surface area (Å²) in [6.45, 7) is 5.30. The molecule has 1 atom stereocenters. The number of carbonyl (C=O) groups excluding carboxylic acids is 3. The molecule has 0 aromatic heterocycles. The van der Waals surface area contributed by atoms with Gasteiger partial charge in [0.15, 0.2) is 5.41 Å². The van der Waals surface area contributed by atoms with Crippen LogP contribution < -0.4 is 10.1 Å². The third-order valence-corrected chi connectivity index (χ3v) is 5.27. The predicted octanol–water partition coefficient (Wildman–Crippen LogP) is 2.45. The third kappa shape index (κ3) is 3.81. The number of amides is 1. The third-order valence-electron chi connectivity index (χ3n) is 4.61. The number of carbonyl (C=O) groups is 3. The Labute approximate surface area is 166 Å². The van der Waals surface area contributed by atoms with E-state index in [0.29, 0.717) is 21.3 Å². The summed E-state index contributed by atoms with van der Waals surface area (Å²) >= 11 is 3.47. The molecule has 0 radical (unpaired) electrons. The minimum Gasteiger partial charge on any atom is -0.496 e. The van der Waals surface area contributed by atoms with Gasteiger partial charge >= 0.3 is 11.9 Å². The Morgan fingerprint density at radius 3 is 2.26 bits per heavy atom. The monoisotopic (exact) mass is 441 g/mol. The summed E-state index contributed by atoms with van der Waals surface area (Å²) in [6, 6.07) is 3.49. The van der Waals surface area contributed by atoms with E-state index in [9.17, 15) is 14.4 Å². The summed E-state index contributed by atoms with van der Waals surface area (Å²) in [5, 5.41) is 2.76. The van der Waals surface area contributed by atoms with E-state index in [-0.39, 0.29) is 38.0 Å². The lowest BCUT2D eigenvalue weighted by Gasteiger charge is -2.27. The van der Waals surface area contributed by atoms with E-state index in [2.05, 4.69) is 21.2 Å². The Morgan fingerprint density at radius 2 is 1.78 bits per heavy atom. The van der Waals surface area contributed by atoms with E-state index >= 15 is 0 Å². The molecule has 2 rings (SSSR count). The number of methoxy groups -OCH3 is 1. The second-order valence-electron chi connectivity index (χ2n) is 6.22. The van der Waals surface area contributed by atoms with Gasteiger partial charge in [-0.25, -0.2) is 0 Å². The van der Waals surface area contributed by atoms with Crippen LogP contribution in [0.1, 0.15) is 44.2 Å². The fraction of sp³-hybridized carbons (Fsp3) is 0.526. The first-order valence-electron chi connectivity index (χ1n) is 8.79. The van der Waals surface area contributed by atoms with Crippen molar-refractivity contribution in [3.8, 4) is 5.75 Å². The highest BCUT2D eigenvalue weighted by Crippen LogP contribution is 2.53. The van der Waals surface area contributed by atoms with E-state index in [1.165, 1.54) is 14.0 Å². The average molecular weight is 442 g/mol. The van der Waals surface area contributed by atoms with Crippen LogP contribution in [-0.2, 0) is 29.3 Å². The maximum absolute atomic E-state index is 13.0.